The summed E-state index contributed by atoms with van der Waals surface area (Å²) >= 11 is 1.99. The summed E-state index contributed by atoms with van der Waals surface area (Å²) in [4.78, 5) is 1.56. The molecule has 0 radical (unpaired) electrons. The average Bonchev–Trinajstić information content (AvgIpc) is 2.33. The van der Waals surface area contributed by atoms with Crippen LogP contribution in [0.1, 0.15) is 31.7 Å². The Hall–Kier alpha value is -0.890. The minimum atomic E-state index is 0.514. The van der Waals surface area contributed by atoms with Crippen molar-refractivity contribution in [1.29, 1.82) is 0 Å². The highest BCUT2D eigenvalue weighted by Gasteiger charge is 2.13. The molecule has 0 aromatic heterocycles. The number of benzene rings is 1. The zero-order chi connectivity index (χ0) is 12.1. The molecule has 0 heterocycles. The molecular formula is C15H21NS. The number of aryl methyl sites for hydroxylation is 1. The zero-order valence-electron chi connectivity index (χ0n) is 10.7. The fourth-order valence-corrected chi connectivity index (χ4v) is 3.09. The fourth-order valence-electron chi connectivity index (χ4n) is 2.17. The fraction of sp³-hybridized carbons (Fsp3) is 0.467. The summed E-state index contributed by atoms with van der Waals surface area (Å²) in [5.41, 5.74) is 2.55. The number of rotatable bonds is 4. The van der Waals surface area contributed by atoms with E-state index in [9.17, 15) is 0 Å². The molecule has 0 saturated heterocycles. The minimum Gasteiger partial charge on any atom is -0.379 e. The molecular weight excluding hydrogens is 226 g/mol. The Labute approximate surface area is 109 Å². The minimum absolute atomic E-state index is 0.514. The summed E-state index contributed by atoms with van der Waals surface area (Å²) in [7, 11) is 0. The molecule has 2 heteroatoms. The van der Waals surface area contributed by atoms with E-state index in [1.165, 1.54) is 36.3 Å². The lowest BCUT2D eigenvalue weighted by atomic mass is 10.0. The summed E-state index contributed by atoms with van der Waals surface area (Å²) in [6.07, 6.45) is 6.24. The summed E-state index contributed by atoms with van der Waals surface area (Å²) in [6.45, 7) is 4.35. The second-order valence-corrected chi connectivity index (χ2v) is 5.97. The van der Waals surface area contributed by atoms with Crippen LogP contribution in [-0.4, -0.2) is 11.8 Å². The van der Waals surface area contributed by atoms with Gasteiger partial charge in [0.25, 0.3) is 0 Å². The smallest absolute Gasteiger partial charge is 0.0455 e. The lowest BCUT2D eigenvalue weighted by Gasteiger charge is -2.22. The van der Waals surface area contributed by atoms with Crippen molar-refractivity contribution in [3.63, 3.8) is 0 Å². The Morgan fingerprint density at radius 1 is 1.29 bits per heavy atom. The molecule has 1 aromatic carbocycles. The van der Waals surface area contributed by atoms with Crippen LogP contribution in [-0.2, 0) is 0 Å². The van der Waals surface area contributed by atoms with Crippen LogP contribution in [0.25, 0.3) is 0 Å². The monoisotopic (exact) mass is 247 g/mol. The first-order valence-electron chi connectivity index (χ1n) is 6.44. The highest BCUT2D eigenvalue weighted by atomic mass is 32.2. The van der Waals surface area contributed by atoms with Gasteiger partial charge < -0.3 is 5.32 Å². The van der Waals surface area contributed by atoms with E-state index in [2.05, 4.69) is 49.5 Å². The summed E-state index contributed by atoms with van der Waals surface area (Å²) in [5, 5.41) is 3.61. The van der Waals surface area contributed by atoms with Gasteiger partial charge in [-0.05, 0) is 49.0 Å². The van der Waals surface area contributed by atoms with Gasteiger partial charge in [-0.3, -0.25) is 0 Å². The van der Waals surface area contributed by atoms with Gasteiger partial charge in [0.05, 0.1) is 0 Å². The molecule has 1 aliphatic rings. The SMILES string of the molecule is CCSC1=CC(Nc2ccc(C)cc2)CCC1. The first-order valence-corrected chi connectivity index (χ1v) is 7.43. The van der Waals surface area contributed by atoms with Crippen molar-refractivity contribution in [3.05, 3.63) is 40.8 Å². The van der Waals surface area contributed by atoms with Crippen LogP contribution in [0.3, 0.4) is 0 Å². The lowest BCUT2D eigenvalue weighted by Crippen LogP contribution is -2.19. The maximum Gasteiger partial charge on any atom is 0.0455 e. The topological polar surface area (TPSA) is 12.0 Å². The molecule has 1 nitrogen and oxygen atoms in total. The predicted molar refractivity (Wildman–Crippen MR) is 78.7 cm³/mol. The second-order valence-electron chi connectivity index (χ2n) is 4.58. The lowest BCUT2D eigenvalue weighted by molar-refractivity contribution is 0.668. The van der Waals surface area contributed by atoms with Gasteiger partial charge in [-0.1, -0.05) is 30.7 Å². The molecule has 0 aliphatic heterocycles. The van der Waals surface area contributed by atoms with Gasteiger partial charge in [-0.25, -0.2) is 0 Å². The van der Waals surface area contributed by atoms with E-state index in [1.807, 2.05) is 11.8 Å². The molecule has 1 atom stereocenters. The molecule has 0 saturated carbocycles. The quantitative estimate of drug-likeness (QED) is 0.834. The van der Waals surface area contributed by atoms with Crippen molar-refractivity contribution in [2.75, 3.05) is 11.1 Å². The Kier molecular flexibility index (Phi) is 4.55. The highest BCUT2D eigenvalue weighted by molar-refractivity contribution is 8.03. The van der Waals surface area contributed by atoms with E-state index < -0.39 is 0 Å². The Bertz CT molecular complexity index is 380. The van der Waals surface area contributed by atoms with E-state index in [1.54, 1.807) is 4.91 Å². The van der Waals surface area contributed by atoms with Crippen LogP contribution in [0, 0.1) is 6.92 Å². The average molecular weight is 247 g/mol. The molecule has 2 rings (SSSR count). The molecule has 1 aromatic rings. The van der Waals surface area contributed by atoms with Crippen LogP contribution in [0.15, 0.2) is 35.2 Å². The summed E-state index contributed by atoms with van der Waals surface area (Å²) in [6, 6.07) is 9.18. The first kappa shape index (κ1) is 12.6. The second kappa shape index (κ2) is 6.15. The van der Waals surface area contributed by atoms with Crippen molar-refractivity contribution in [3.8, 4) is 0 Å². The normalized spacial score (nSPS) is 19.9. The molecule has 1 aliphatic carbocycles. The van der Waals surface area contributed by atoms with E-state index in [4.69, 9.17) is 0 Å². The number of anilines is 1. The zero-order valence-corrected chi connectivity index (χ0v) is 11.5. The maximum absolute atomic E-state index is 3.61. The van der Waals surface area contributed by atoms with Crippen LogP contribution < -0.4 is 5.32 Å². The van der Waals surface area contributed by atoms with Crippen LogP contribution >= 0.6 is 11.8 Å². The van der Waals surface area contributed by atoms with E-state index in [-0.39, 0.29) is 0 Å². The van der Waals surface area contributed by atoms with E-state index >= 15 is 0 Å². The van der Waals surface area contributed by atoms with Crippen LogP contribution in [0.5, 0.6) is 0 Å². The Balaban J connectivity index is 1.98. The van der Waals surface area contributed by atoms with Crippen molar-refractivity contribution in [2.45, 2.75) is 39.2 Å². The number of thioether (sulfide) groups is 1. The van der Waals surface area contributed by atoms with Gasteiger partial charge in [0.2, 0.25) is 0 Å². The predicted octanol–water partition coefficient (Wildman–Crippen LogP) is 4.60. The third-order valence-electron chi connectivity index (χ3n) is 3.06. The van der Waals surface area contributed by atoms with Gasteiger partial charge in [-0.15, -0.1) is 11.8 Å². The van der Waals surface area contributed by atoms with Gasteiger partial charge in [0, 0.05) is 11.7 Å². The van der Waals surface area contributed by atoms with E-state index in [0.717, 1.165) is 0 Å². The van der Waals surface area contributed by atoms with Gasteiger partial charge in [-0.2, -0.15) is 0 Å². The number of nitrogens with one attached hydrogen (secondary N) is 1. The summed E-state index contributed by atoms with van der Waals surface area (Å²) in [5.74, 6) is 1.18. The van der Waals surface area contributed by atoms with Gasteiger partial charge in [0.15, 0.2) is 0 Å². The molecule has 0 amide bonds. The third-order valence-corrected chi connectivity index (χ3v) is 4.06. The van der Waals surface area contributed by atoms with Crippen molar-refractivity contribution >= 4 is 17.4 Å². The van der Waals surface area contributed by atoms with Gasteiger partial charge in [0.1, 0.15) is 0 Å². The molecule has 0 spiro atoms. The molecule has 92 valence electrons. The number of allylic oxidation sites excluding steroid dienone is 1. The molecule has 0 fully saturated rings. The number of hydrogen-bond donors (Lipinski definition) is 1. The largest absolute Gasteiger partial charge is 0.379 e. The third kappa shape index (κ3) is 3.81. The van der Waals surface area contributed by atoms with Crippen molar-refractivity contribution in [1.82, 2.24) is 0 Å². The molecule has 1 N–H and O–H groups in total. The number of hydrogen-bond acceptors (Lipinski definition) is 2. The first-order chi connectivity index (χ1) is 8.28. The Morgan fingerprint density at radius 3 is 2.76 bits per heavy atom. The van der Waals surface area contributed by atoms with Crippen molar-refractivity contribution in [2.24, 2.45) is 0 Å². The van der Waals surface area contributed by atoms with E-state index in [0.29, 0.717) is 6.04 Å². The maximum atomic E-state index is 3.61. The molecule has 1 unspecified atom stereocenters. The Morgan fingerprint density at radius 2 is 2.06 bits per heavy atom. The molecule has 0 bridgehead atoms. The summed E-state index contributed by atoms with van der Waals surface area (Å²) < 4.78 is 0. The highest BCUT2D eigenvalue weighted by Crippen LogP contribution is 2.28. The van der Waals surface area contributed by atoms with Gasteiger partial charge >= 0.3 is 0 Å². The van der Waals surface area contributed by atoms with Crippen LogP contribution in [0.2, 0.25) is 0 Å². The van der Waals surface area contributed by atoms with Crippen LogP contribution in [0.4, 0.5) is 5.69 Å². The standard InChI is InChI=1S/C15H21NS/c1-3-17-15-6-4-5-14(11-15)16-13-9-7-12(2)8-10-13/h7-11,14,16H,3-6H2,1-2H3. The van der Waals surface area contributed by atoms with Crippen molar-refractivity contribution < 1.29 is 0 Å². The molecule has 17 heavy (non-hydrogen) atoms.